The molecule has 1 atom stereocenters. The largest absolute Gasteiger partial charge is 0.368 e. The highest BCUT2D eigenvalue weighted by Crippen LogP contribution is 2.11. The van der Waals surface area contributed by atoms with Crippen LogP contribution < -0.4 is 5.32 Å². The molecule has 3 heteroatoms. The Morgan fingerprint density at radius 2 is 2.15 bits per heavy atom. The molecule has 1 heterocycles. The lowest BCUT2D eigenvalue weighted by Crippen LogP contribution is -2.32. The van der Waals surface area contributed by atoms with Crippen molar-refractivity contribution in [2.75, 3.05) is 19.4 Å². The molecule has 13 heavy (non-hydrogen) atoms. The summed E-state index contributed by atoms with van der Waals surface area (Å²) in [5.74, 6) is 0. The van der Waals surface area contributed by atoms with E-state index < -0.39 is 0 Å². The summed E-state index contributed by atoms with van der Waals surface area (Å²) >= 11 is 0. The van der Waals surface area contributed by atoms with Crippen LogP contribution in [0.3, 0.4) is 0 Å². The van der Waals surface area contributed by atoms with Gasteiger partial charge in [-0.1, -0.05) is 0 Å². The predicted molar refractivity (Wildman–Crippen MR) is 55.7 cm³/mol. The van der Waals surface area contributed by atoms with Gasteiger partial charge in [-0.3, -0.25) is 9.88 Å². The molecule has 0 radical (unpaired) electrons. The molecule has 0 amide bonds. The van der Waals surface area contributed by atoms with Crippen LogP contribution in [0.5, 0.6) is 0 Å². The van der Waals surface area contributed by atoms with E-state index in [9.17, 15) is 0 Å². The van der Waals surface area contributed by atoms with Crippen molar-refractivity contribution in [1.82, 2.24) is 9.88 Å². The fourth-order valence-electron chi connectivity index (χ4n) is 0.991. The van der Waals surface area contributed by atoms with Crippen LogP contribution in [-0.2, 0) is 0 Å². The van der Waals surface area contributed by atoms with Gasteiger partial charge in [0.1, 0.15) is 0 Å². The minimum absolute atomic E-state index is 0.322. The van der Waals surface area contributed by atoms with Gasteiger partial charge in [0.05, 0.1) is 17.5 Å². The summed E-state index contributed by atoms with van der Waals surface area (Å²) in [5.41, 5.74) is 2.14. The van der Waals surface area contributed by atoms with Gasteiger partial charge < -0.3 is 5.32 Å². The lowest BCUT2D eigenvalue weighted by molar-refractivity contribution is 0.343. The van der Waals surface area contributed by atoms with Crippen molar-refractivity contribution in [3.8, 4) is 0 Å². The monoisotopic (exact) mass is 179 g/mol. The second kappa shape index (κ2) is 4.23. The minimum Gasteiger partial charge on any atom is -0.368 e. The maximum atomic E-state index is 4.21. The van der Waals surface area contributed by atoms with Crippen molar-refractivity contribution in [1.29, 1.82) is 0 Å². The Bertz CT molecular complexity index is 271. The van der Waals surface area contributed by atoms with Crippen LogP contribution in [-0.4, -0.2) is 30.1 Å². The quantitative estimate of drug-likeness (QED) is 0.716. The summed E-state index contributed by atoms with van der Waals surface area (Å²) in [6.07, 6.45) is 2.13. The topological polar surface area (TPSA) is 28.2 Å². The molecule has 0 spiro atoms. The van der Waals surface area contributed by atoms with Crippen LogP contribution in [0, 0.1) is 6.92 Å². The summed E-state index contributed by atoms with van der Waals surface area (Å²) in [7, 11) is 4.09. The third-order valence-electron chi connectivity index (χ3n) is 2.15. The molecule has 1 aromatic rings. The standard InChI is InChI=1S/C10H17N3/c1-8-10(6-5-7-11-8)12-9(2)13(3)4/h5-7,9,12H,1-4H3. The number of aromatic nitrogens is 1. The summed E-state index contributed by atoms with van der Waals surface area (Å²) in [5, 5.41) is 3.37. The molecule has 3 nitrogen and oxygen atoms in total. The van der Waals surface area contributed by atoms with Crippen LogP contribution in [0.4, 0.5) is 5.69 Å². The first-order chi connectivity index (χ1) is 6.11. The van der Waals surface area contributed by atoms with Gasteiger partial charge in [-0.15, -0.1) is 0 Å². The fourth-order valence-corrected chi connectivity index (χ4v) is 0.991. The molecule has 0 aromatic carbocycles. The van der Waals surface area contributed by atoms with Crippen molar-refractivity contribution >= 4 is 5.69 Å². The Balaban J connectivity index is 2.69. The highest BCUT2D eigenvalue weighted by atomic mass is 15.2. The van der Waals surface area contributed by atoms with E-state index in [1.54, 1.807) is 6.20 Å². The number of anilines is 1. The maximum Gasteiger partial charge on any atom is 0.0760 e. The summed E-state index contributed by atoms with van der Waals surface area (Å²) in [4.78, 5) is 6.33. The van der Waals surface area contributed by atoms with E-state index >= 15 is 0 Å². The van der Waals surface area contributed by atoms with Crippen molar-refractivity contribution in [3.05, 3.63) is 24.0 Å². The van der Waals surface area contributed by atoms with Crippen molar-refractivity contribution in [2.45, 2.75) is 20.0 Å². The van der Waals surface area contributed by atoms with E-state index in [4.69, 9.17) is 0 Å². The second-order valence-corrected chi connectivity index (χ2v) is 3.42. The summed E-state index contributed by atoms with van der Waals surface area (Å²) in [6, 6.07) is 3.99. The number of rotatable bonds is 3. The maximum absolute atomic E-state index is 4.21. The Labute approximate surface area is 79.8 Å². The third-order valence-corrected chi connectivity index (χ3v) is 2.15. The highest BCUT2D eigenvalue weighted by Gasteiger charge is 2.04. The predicted octanol–water partition coefficient (Wildman–Crippen LogP) is 1.71. The van der Waals surface area contributed by atoms with E-state index in [2.05, 4.69) is 22.1 Å². The van der Waals surface area contributed by atoms with Crippen molar-refractivity contribution in [3.63, 3.8) is 0 Å². The Kier molecular flexibility index (Phi) is 3.25. The average Bonchev–Trinajstić information content (AvgIpc) is 2.08. The number of hydrogen-bond donors (Lipinski definition) is 1. The van der Waals surface area contributed by atoms with Crippen LogP contribution in [0.15, 0.2) is 18.3 Å². The van der Waals surface area contributed by atoms with Crippen LogP contribution >= 0.6 is 0 Å². The zero-order valence-electron chi connectivity index (χ0n) is 8.70. The molecule has 0 aliphatic heterocycles. The van der Waals surface area contributed by atoms with Gasteiger partial charge >= 0.3 is 0 Å². The van der Waals surface area contributed by atoms with Crippen LogP contribution in [0.25, 0.3) is 0 Å². The van der Waals surface area contributed by atoms with Crippen molar-refractivity contribution in [2.24, 2.45) is 0 Å². The summed E-state index contributed by atoms with van der Waals surface area (Å²) < 4.78 is 0. The molecule has 0 fully saturated rings. The number of nitrogens with one attached hydrogen (secondary N) is 1. The first kappa shape index (κ1) is 9.99. The van der Waals surface area contributed by atoms with E-state index in [0.717, 1.165) is 11.4 Å². The Morgan fingerprint density at radius 1 is 1.46 bits per heavy atom. The third kappa shape index (κ3) is 2.70. The molecular weight excluding hydrogens is 162 g/mol. The van der Waals surface area contributed by atoms with Gasteiger partial charge in [-0.05, 0) is 40.1 Å². The Hall–Kier alpha value is -1.09. The zero-order chi connectivity index (χ0) is 9.84. The van der Waals surface area contributed by atoms with Crippen LogP contribution in [0.2, 0.25) is 0 Å². The molecule has 1 N–H and O–H groups in total. The Morgan fingerprint density at radius 3 is 2.69 bits per heavy atom. The van der Waals surface area contributed by atoms with Gasteiger partial charge in [0.25, 0.3) is 0 Å². The van der Waals surface area contributed by atoms with E-state index in [1.807, 2.05) is 33.2 Å². The second-order valence-electron chi connectivity index (χ2n) is 3.42. The zero-order valence-corrected chi connectivity index (χ0v) is 8.70. The minimum atomic E-state index is 0.322. The molecule has 0 bridgehead atoms. The lowest BCUT2D eigenvalue weighted by atomic mass is 10.3. The first-order valence-electron chi connectivity index (χ1n) is 4.46. The van der Waals surface area contributed by atoms with Crippen molar-refractivity contribution < 1.29 is 0 Å². The van der Waals surface area contributed by atoms with E-state index in [1.165, 1.54) is 0 Å². The summed E-state index contributed by atoms with van der Waals surface area (Å²) in [6.45, 7) is 4.12. The van der Waals surface area contributed by atoms with Gasteiger partial charge in [-0.25, -0.2) is 0 Å². The van der Waals surface area contributed by atoms with Gasteiger partial charge in [0.15, 0.2) is 0 Å². The first-order valence-corrected chi connectivity index (χ1v) is 4.46. The molecule has 0 aliphatic rings. The molecule has 0 saturated heterocycles. The van der Waals surface area contributed by atoms with Gasteiger partial charge in [0.2, 0.25) is 0 Å². The number of aryl methyl sites for hydroxylation is 1. The fraction of sp³-hybridized carbons (Fsp3) is 0.500. The SMILES string of the molecule is Cc1ncccc1NC(C)N(C)C. The molecule has 1 aromatic heterocycles. The van der Waals surface area contributed by atoms with E-state index in [0.29, 0.717) is 6.17 Å². The molecule has 72 valence electrons. The molecule has 1 unspecified atom stereocenters. The van der Waals surface area contributed by atoms with Crippen LogP contribution in [0.1, 0.15) is 12.6 Å². The lowest BCUT2D eigenvalue weighted by Gasteiger charge is -2.22. The number of nitrogens with zero attached hydrogens (tertiary/aromatic N) is 2. The molecular formula is C10H17N3. The highest BCUT2D eigenvalue weighted by molar-refractivity contribution is 5.47. The molecule has 0 aliphatic carbocycles. The molecule has 0 saturated carbocycles. The molecule has 1 rings (SSSR count). The number of hydrogen-bond acceptors (Lipinski definition) is 3. The normalized spacial score (nSPS) is 13.0. The smallest absolute Gasteiger partial charge is 0.0760 e. The average molecular weight is 179 g/mol. The van der Waals surface area contributed by atoms with Gasteiger partial charge in [0, 0.05) is 6.20 Å². The van der Waals surface area contributed by atoms with E-state index in [-0.39, 0.29) is 0 Å². The number of pyridine rings is 1. The van der Waals surface area contributed by atoms with Gasteiger partial charge in [-0.2, -0.15) is 0 Å².